The van der Waals surface area contributed by atoms with Crippen LogP contribution in [0.4, 0.5) is 0 Å². The summed E-state index contributed by atoms with van der Waals surface area (Å²) in [5, 5.41) is 9.06. The van der Waals surface area contributed by atoms with Gasteiger partial charge in [-0.1, -0.05) is 0 Å². The van der Waals surface area contributed by atoms with E-state index in [1.54, 1.807) is 6.92 Å². The number of hydrogen-bond acceptors (Lipinski definition) is 2. The highest BCUT2D eigenvalue weighted by atomic mass is 35.5. The van der Waals surface area contributed by atoms with Crippen LogP contribution in [0.5, 0.6) is 0 Å². The van der Waals surface area contributed by atoms with Gasteiger partial charge in [0.2, 0.25) is 0 Å². The predicted octanol–water partition coefficient (Wildman–Crippen LogP) is 0.687. The van der Waals surface area contributed by atoms with Crippen molar-refractivity contribution in [3.05, 3.63) is 17.5 Å². The van der Waals surface area contributed by atoms with Crippen LogP contribution in [0.3, 0.4) is 0 Å². The average Bonchev–Trinajstić information content (AvgIpc) is 2.47. The highest BCUT2D eigenvalue weighted by Gasteiger charge is 2.08. The Morgan fingerprint density at radius 3 is 3.08 bits per heavy atom. The van der Waals surface area contributed by atoms with Crippen molar-refractivity contribution < 1.29 is 4.79 Å². The number of nitrogens with one attached hydrogen (secondary N) is 2. The number of nitrogens with zero attached hydrogens (tertiary/aromatic N) is 1. The van der Waals surface area contributed by atoms with Crippen LogP contribution in [0.2, 0.25) is 0 Å². The van der Waals surface area contributed by atoms with Crippen LogP contribution in [0.15, 0.2) is 6.20 Å². The van der Waals surface area contributed by atoms with Gasteiger partial charge >= 0.3 is 0 Å². The molecule has 4 nitrogen and oxygen atoms in total. The quantitative estimate of drug-likeness (QED) is 0.684. The van der Waals surface area contributed by atoms with E-state index in [4.69, 9.17) is 11.6 Å². The molecule has 1 aromatic rings. The lowest BCUT2D eigenvalue weighted by Gasteiger charge is -1.99. The highest BCUT2D eigenvalue weighted by Crippen LogP contribution is 2.01. The molecule has 2 N–H and O–H groups in total. The standard InChI is InChI=1S/C7H10ClN3O/c1-5-6(4-10-11-5)7(12)9-3-2-8/h4H,2-3H2,1H3,(H,9,12)(H,10,11). The third kappa shape index (κ3) is 1.98. The smallest absolute Gasteiger partial charge is 0.254 e. The minimum atomic E-state index is -0.137. The summed E-state index contributed by atoms with van der Waals surface area (Å²) in [4.78, 5) is 11.3. The molecular weight excluding hydrogens is 178 g/mol. The lowest BCUT2D eigenvalue weighted by molar-refractivity contribution is 0.0955. The second-order valence-electron chi connectivity index (χ2n) is 2.35. The van der Waals surface area contributed by atoms with Gasteiger partial charge in [0.25, 0.3) is 5.91 Å². The van der Waals surface area contributed by atoms with Gasteiger partial charge in [-0.25, -0.2) is 0 Å². The first-order valence-corrected chi connectivity index (χ1v) is 4.13. The fourth-order valence-corrected chi connectivity index (χ4v) is 0.930. The van der Waals surface area contributed by atoms with E-state index in [9.17, 15) is 4.79 Å². The number of aryl methyl sites for hydroxylation is 1. The number of alkyl halides is 1. The third-order valence-corrected chi connectivity index (χ3v) is 1.64. The number of carbonyl (C=O) groups excluding carboxylic acids is 1. The predicted molar refractivity (Wildman–Crippen MR) is 46.4 cm³/mol. The molecule has 1 rings (SSSR count). The Labute approximate surface area is 75.3 Å². The van der Waals surface area contributed by atoms with E-state index in [0.29, 0.717) is 18.0 Å². The SMILES string of the molecule is Cc1[nH]ncc1C(=O)NCCCl. The molecule has 0 atom stereocenters. The molecule has 0 aliphatic carbocycles. The molecule has 0 fully saturated rings. The summed E-state index contributed by atoms with van der Waals surface area (Å²) in [7, 11) is 0. The second kappa shape index (κ2) is 4.11. The maximum Gasteiger partial charge on any atom is 0.254 e. The molecule has 0 radical (unpaired) electrons. The second-order valence-corrected chi connectivity index (χ2v) is 2.73. The van der Waals surface area contributed by atoms with E-state index in [-0.39, 0.29) is 5.91 Å². The number of amides is 1. The van der Waals surface area contributed by atoms with Gasteiger partial charge in [0.15, 0.2) is 0 Å². The molecule has 66 valence electrons. The molecule has 0 aliphatic heterocycles. The topological polar surface area (TPSA) is 57.8 Å². The van der Waals surface area contributed by atoms with Crippen molar-refractivity contribution in [2.24, 2.45) is 0 Å². The summed E-state index contributed by atoms with van der Waals surface area (Å²) in [6.45, 7) is 2.27. The van der Waals surface area contributed by atoms with Crippen molar-refractivity contribution in [1.29, 1.82) is 0 Å². The molecule has 0 saturated heterocycles. The number of aromatic nitrogens is 2. The first kappa shape index (κ1) is 9.06. The molecule has 1 aromatic heterocycles. The maximum atomic E-state index is 11.3. The van der Waals surface area contributed by atoms with Crippen LogP contribution < -0.4 is 5.32 Å². The van der Waals surface area contributed by atoms with Crippen LogP contribution in [-0.4, -0.2) is 28.5 Å². The first-order valence-electron chi connectivity index (χ1n) is 3.60. The monoisotopic (exact) mass is 187 g/mol. The fraction of sp³-hybridized carbons (Fsp3) is 0.429. The van der Waals surface area contributed by atoms with Crippen molar-refractivity contribution >= 4 is 17.5 Å². The highest BCUT2D eigenvalue weighted by molar-refractivity contribution is 6.18. The lowest BCUT2D eigenvalue weighted by Crippen LogP contribution is -2.25. The first-order chi connectivity index (χ1) is 5.75. The Balaban J connectivity index is 2.59. The largest absolute Gasteiger partial charge is 0.351 e. The van der Waals surface area contributed by atoms with Crippen molar-refractivity contribution in [2.75, 3.05) is 12.4 Å². The molecule has 1 amide bonds. The zero-order valence-corrected chi connectivity index (χ0v) is 7.48. The average molecular weight is 188 g/mol. The van der Waals surface area contributed by atoms with Crippen LogP contribution >= 0.6 is 11.6 Å². The van der Waals surface area contributed by atoms with Gasteiger partial charge in [0.05, 0.1) is 11.8 Å². The van der Waals surface area contributed by atoms with Crippen molar-refractivity contribution in [3.63, 3.8) is 0 Å². The molecule has 0 aromatic carbocycles. The van der Waals surface area contributed by atoms with Gasteiger partial charge in [-0.3, -0.25) is 9.89 Å². The summed E-state index contributed by atoms with van der Waals surface area (Å²) in [6.07, 6.45) is 1.50. The van der Waals surface area contributed by atoms with E-state index in [1.165, 1.54) is 6.20 Å². The molecule has 12 heavy (non-hydrogen) atoms. The number of H-pyrrole nitrogens is 1. The molecule has 0 unspecified atom stereocenters. The van der Waals surface area contributed by atoms with Gasteiger partial charge in [0, 0.05) is 18.1 Å². The summed E-state index contributed by atoms with van der Waals surface area (Å²) in [6, 6.07) is 0. The van der Waals surface area contributed by atoms with E-state index in [2.05, 4.69) is 15.5 Å². The molecule has 0 saturated carbocycles. The van der Waals surface area contributed by atoms with Crippen LogP contribution in [0.1, 0.15) is 16.1 Å². The fourth-order valence-electron chi connectivity index (χ4n) is 0.836. The van der Waals surface area contributed by atoms with Crippen molar-refractivity contribution in [3.8, 4) is 0 Å². The Morgan fingerprint density at radius 1 is 1.83 bits per heavy atom. The minimum Gasteiger partial charge on any atom is -0.351 e. The Hall–Kier alpha value is -1.03. The number of halogens is 1. The van der Waals surface area contributed by atoms with E-state index >= 15 is 0 Å². The Kier molecular flexibility index (Phi) is 3.10. The van der Waals surface area contributed by atoms with Crippen molar-refractivity contribution in [2.45, 2.75) is 6.92 Å². The molecule has 0 aliphatic rings. The number of carbonyl (C=O) groups is 1. The Bertz CT molecular complexity index is 271. The van der Waals surface area contributed by atoms with E-state index in [1.807, 2.05) is 0 Å². The molecule has 1 heterocycles. The van der Waals surface area contributed by atoms with Crippen LogP contribution in [-0.2, 0) is 0 Å². The molecule has 5 heteroatoms. The van der Waals surface area contributed by atoms with Gasteiger partial charge < -0.3 is 5.32 Å². The summed E-state index contributed by atoms with van der Waals surface area (Å²) < 4.78 is 0. The summed E-state index contributed by atoms with van der Waals surface area (Å²) >= 11 is 5.41. The van der Waals surface area contributed by atoms with Gasteiger partial charge in [-0.15, -0.1) is 11.6 Å². The number of aromatic amines is 1. The van der Waals surface area contributed by atoms with E-state index in [0.717, 1.165) is 5.69 Å². The molecule has 0 spiro atoms. The third-order valence-electron chi connectivity index (χ3n) is 1.45. The van der Waals surface area contributed by atoms with Gasteiger partial charge in [-0.05, 0) is 6.92 Å². The summed E-state index contributed by atoms with van der Waals surface area (Å²) in [5.74, 6) is 0.282. The van der Waals surface area contributed by atoms with E-state index < -0.39 is 0 Å². The van der Waals surface area contributed by atoms with Crippen LogP contribution in [0.25, 0.3) is 0 Å². The molecular formula is C7H10ClN3O. The van der Waals surface area contributed by atoms with Crippen LogP contribution in [0, 0.1) is 6.92 Å². The molecule has 0 bridgehead atoms. The number of hydrogen-bond donors (Lipinski definition) is 2. The normalized spacial score (nSPS) is 9.83. The zero-order valence-electron chi connectivity index (χ0n) is 6.72. The Morgan fingerprint density at radius 2 is 2.58 bits per heavy atom. The maximum absolute atomic E-state index is 11.3. The zero-order chi connectivity index (χ0) is 8.97. The summed E-state index contributed by atoms with van der Waals surface area (Å²) in [5.41, 5.74) is 1.34. The number of rotatable bonds is 3. The van der Waals surface area contributed by atoms with Gasteiger partial charge in [0.1, 0.15) is 0 Å². The van der Waals surface area contributed by atoms with Gasteiger partial charge in [-0.2, -0.15) is 5.10 Å². The lowest BCUT2D eigenvalue weighted by atomic mass is 10.2. The van der Waals surface area contributed by atoms with Crippen molar-refractivity contribution in [1.82, 2.24) is 15.5 Å². The minimum absolute atomic E-state index is 0.137.